The van der Waals surface area contributed by atoms with E-state index < -0.39 is 4.45 Å². The van der Waals surface area contributed by atoms with Gasteiger partial charge in [0.05, 0.1) is 0 Å². The fraction of sp³-hybridized carbons (Fsp3) is 0.400. The predicted octanol–water partition coefficient (Wildman–Crippen LogP) is 1.67. The molecule has 0 atom stereocenters. The first-order chi connectivity index (χ1) is 4.52. The van der Waals surface area contributed by atoms with E-state index in [1.807, 2.05) is 0 Å². The molecule has 0 aromatic carbocycles. The van der Waals surface area contributed by atoms with Gasteiger partial charge in [-0.3, -0.25) is 14.4 Å². The first kappa shape index (κ1) is 9.71. The molecule has 0 aliphatic heterocycles. The molecule has 0 rings (SSSR count). The summed E-state index contributed by atoms with van der Waals surface area (Å²) < 4.78 is -0.458. The van der Waals surface area contributed by atoms with Gasteiger partial charge in [-0.2, -0.15) is 0 Å². The molecule has 0 unspecified atom stereocenters. The Hall–Kier alpha value is -0.290. The van der Waals surface area contributed by atoms with Crippen molar-refractivity contribution in [2.24, 2.45) is 0 Å². The van der Waals surface area contributed by atoms with Crippen molar-refractivity contribution in [3.8, 4) is 0 Å². The zero-order valence-corrected chi connectivity index (χ0v) is 7.17. The Labute approximate surface area is 66.9 Å². The molecule has 0 aliphatic rings. The molecule has 0 aliphatic carbocycles. The van der Waals surface area contributed by atoms with Crippen molar-refractivity contribution < 1.29 is 14.4 Å². The van der Waals surface area contributed by atoms with Gasteiger partial charge in [0.25, 0.3) is 4.45 Å². The predicted molar refractivity (Wildman–Crippen MR) is 41.9 cm³/mol. The highest BCUT2D eigenvalue weighted by Gasteiger charge is 2.09. The Bertz CT molecular complexity index is 158. The van der Waals surface area contributed by atoms with Crippen LogP contribution in [-0.2, 0) is 9.59 Å². The van der Waals surface area contributed by atoms with E-state index in [-0.39, 0.29) is 10.2 Å². The molecule has 0 fully saturated rings. The molecule has 0 saturated heterocycles. The van der Waals surface area contributed by atoms with Crippen LogP contribution >= 0.6 is 23.5 Å². The topological polar surface area (TPSA) is 51.2 Å². The van der Waals surface area contributed by atoms with Crippen molar-refractivity contribution in [2.75, 3.05) is 0 Å². The Kier molecular flexibility index (Phi) is 4.38. The van der Waals surface area contributed by atoms with E-state index in [9.17, 15) is 14.4 Å². The molecule has 3 nitrogen and oxygen atoms in total. The lowest BCUT2D eigenvalue weighted by atomic mass is 10.9. The van der Waals surface area contributed by atoms with Gasteiger partial charge >= 0.3 is 0 Å². The van der Waals surface area contributed by atoms with Gasteiger partial charge in [0.1, 0.15) is 0 Å². The van der Waals surface area contributed by atoms with Gasteiger partial charge in [0, 0.05) is 13.8 Å². The minimum atomic E-state index is -0.458. The normalized spacial score (nSPS) is 9.00. The summed E-state index contributed by atoms with van der Waals surface area (Å²) >= 11 is 1.09. The van der Waals surface area contributed by atoms with Crippen LogP contribution < -0.4 is 0 Å². The first-order valence-corrected chi connectivity index (χ1v) is 4.06. The van der Waals surface area contributed by atoms with E-state index in [4.69, 9.17) is 0 Å². The van der Waals surface area contributed by atoms with Crippen LogP contribution in [0.1, 0.15) is 13.8 Å². The smallest absolute Gasteiger partial charge is 0.261 e. The second-order valence-electron chi connectivity index (χ2n) is 1.44. The van der Waals surface area contributed by atoms with Gasteiger partial charge in [0.15, 0.2) is 10.2 Å². The third kappa shape index (κ3) is 5.84. The molecule has 0 radical (unpaired) electrons. The Balaban J connectivity index is 3.65. The Morgan fingerprint density at radius 3 is 1.40 bits per heavy atom. The average Bonchev–Trinajstić information content (AvgIpc) is 1.58. The van der Waals surface area contributed by atoms with Crippen molar-refractivity contribution in [1.82, 2.24) is 0 Å². The molecular weight excluding hydrogens is 172 g/mol. The van der Waals surface area contributed by atoms with Crippen LogP contribution in [0.15, 0.2) is 0 Å². The van der Waals surface area contributed by atoms with Gasteiger partial charge in [-0.15, -0.1) is 0 Å². The van der Waals surface area contributed by atoms with Crippen LogP contribution in [0.2, 0.25) is 0 Å². The summed E-state index contributed by atoms with van der Waals surface area (Å²) in [6.45, 7) is 2.56. The molecule has 0 saturated carbocycles. The van der Waals surface area contributed by atoms with Gasteiger partial charge in [0.2, 0.25) is 0 Å². The fourth-order valence-corrected chi connectivity index (χ4v) is 1.60. The van der Waals surface area contributed by atoms with E-state index in [0.29, 0.717) is 23.5 Å². The van der Waals surface area contributed by atoms with Crippen LogP contribution in [0.4, 0.5) is 4.79 Å². The molecule has 0 aromatic heterocycles. The average molecular weight is 178 g/mol. The summed E-state index contributed by atoms with van der Waals surface area (Å²) in [6.07, 6.45) is 0. The Morgan fingerprint density at radius 1 is 0.900 bits per heavy atom. The molecule has 0 amide bonds. The lowest BCUT2D eigenvalue weighted by Crippen LogP contribution is -1.91. The summed E-state index contributed by atoms with van der Waals surface area (Å²) in [5.74, 6) is 0. The molecule has 0 aromatic rings. The second kappa shape index (κ2) is 4.51. The number of thioether (sulfide) groups is 2. The standard InChI is InChI=1S/C5H6O3S2/c1-3(6)9-5(8)10-4(2)7/h1-2H3. The summed E-state index contributed by atoms with van der Waals surface area (Å²) in [5, 5.41) is -0.586. The van der Waals surface area contributed by atoms with Crippen LogP contribution in [-0.4, -0.2) is 14.7 Å². The third-order valence-electron chi connectivity index (χ3n) is 0.454. The number of rotatable bonds is 0. The summed E-state index contributed by atoms with van der Waals surface area (Å²) in [4.78, 5) is 31.1. The minimum absolute atomic E-state index is 0.293. The highest BCUT2D eigenvalue weighted by atomic mass is 32.2. The molecule has 0 heterocycles. The van der Waals surface area contributed by atoms with Crippen molar-refractivity contribution >= 4 is 38.2 Å². The van der Waals surface area contributed by atoms with Gasteiger partial charge < -0.3 is 0 Å². The molecule has 0 spiro atoms. The zero-order valence-electron chi connectivity index (χ0n) is 5.54. The number of hydrogen-bond acceptors (Lipinski definition) is 5. The maximum Gasteiger partial charge on any atom is 0.261 e. The Morgan fingerprint density at radius 2 is 1.20 bits per heavy atom. The molecule has 0 bridgehead atoms. The van der Waals surface area contributed by atoms with Gasteiger partial charge in [-0.1, -0.05) is 0 Å². The van der Waals surface area contributed by atoms with Crippen molar-refractivity contribution in [3.63, 3.8) is 0 Å². The maximum atomic E-state index is 10.5. The van der Waals surface area contributed by atoms with E-state index in [0.717, 1.165) is 0 Å². The zero-order chi connectivity index (χ0) is 8.15. The summed E-state index contributed by atoms with van der Waals surface area (Å²) in [5.41, 5.74) is 0. The van der Waals surface area contributed by atoms with Gasteiger partial charge in [-0.25, -0.2) is 0 Å². The molecule has 0 N–H and O–H groups in total. The molecule has 56 valence electrons. The van der Waals surface area contributed by atoms with Crippen LogP contribution in [0.3, 0.4) is 0 Å². The van der Waals surface area contributed by atoms with Gasteiger partial charge in [-0.05, 0) is 23.5 Å². The maximum absolute atomic E-state index is 10.5. The minimum Gasteiger partial charge on any atom is -0.287 e. The second-order valence-corrected chi connectivity index (χ2v) is 4.00. The SMILES string of the molecule is CC(=O)SC(=O)SC(C)=O. The third-order valence-corrected chi connectivity index (χ3v) is 1.86. The number of carbonyl (C=O) groups is 3. The number of hydrogen-bond donors (Lipinski definition) is 0. The molecular formula is C5H6O3S2. The summed E-state index contributed by atoms with van der Waals surface area (Å²) in [7, 11) is 0. The summed E-state index contributed by atoms with van der Waals surface area (Å²) in [6, 6.07) is 0. The van der Waals surface area contributed by atoms with Crippen molar-refractivity contribution in [2.45, 2.75) is 13.8 Å². The van der Waals surface area contributed by atoms with E-state index in [2.05, 4.69) is 0 Å². The quantitative estimate of drug-likeness (QED) is 0.564. The highest BCUT2D eigenvalue weighted by molar-refractivity contribution is 8.49. The van der Waals surface area contributed by atoms with E-state index in [1.165, 1.54) is 13.8 Å². The van der Waals surface area contributed by atoms with Crippen molar-refractivity contribution in [1.29, 1.82) is 0 Å². The number of carbonyl (C=O) groups excluding carboxylic acids is 3. The lowest BCUT2D eigenvalue weighted by Gasteiger charge is -1.89. The van der Waals surface area contributed by atoms with Crippen LogP contribution in [0, 0.1) is 0 Å². The monoisotopic (exact) mass is 178 g/mol. The highest BCUT2D eigenvalue weighted by Crippen LogP contribution is 2.17. The largest absolute Gasteiger partial charge is 0.287 e. The first-order valence-electron chi connectivity index (χ1n) is 2.43. The van der Waals surface area contributed by atoms with Crippen LogP contribution in [0.5, 0.6) is 0 Å². The lowest BCUT2D eigenvalue weighted by molar-refractivity contribution is -0.109. The van der Waals surface area contributed by atoms with Crippen molar-refractivity contribution in [3.05, 3.63) is 0 Å². The molecule has 5 heteroatoms. The van der Waals surface area contributed by atoms with E-state index >= 15 is 0 Å². The fourth-order valence-electron chi connectivity index (χ4n) is 0.256. The van der Waals surface area contributed by atoms with Crippen LogP contribution in [0.25, 0.3) is 0 Å². The van der Waals surface area contributed by atoms with E-state index in [1.54, 1.807) is 0 Å². The molecule has 10 heavy (non-hydrogen) atoms.